The van der Waals surface area contributed by atoms with Crippen LogP contribution < -0.4 is 5.32 Å². The van der Waals surface area contributed by atoms with E-state index in [0.717, 1.165) is 0 Å². The highest BCUT2D eigenvalue weighted by molar-refractivity contribution is 5.78. The van der Waals surface area contributed by atoms with Gasteiger partial charge in [0.15, 0.2) is 0 Å². The molecular formula is C18H19NO2. The summed E-state index contributed by atoms with van der Waals surface area (Å²) in [6, 6.07) is 16.8. The highest BCUT2D eigenvalue weighted by Crippen LogP contribution is 2.42. The number of hydrogen-bond acceptors (Lipinski definition) is 3. The van der Waals surface area contributed by atoms with Crippen LogP contribution in [0.2, 0.25) is 0 Å². The van der Waals surface area contributed by atoms with Crippen molar-refractivity contribution in [2.45, 2.75) is 19.9 Å². The Morgan fingerprint density at radius 1 is 1.05 bits per heavy atom. The lowest BCUT2D eigenvalue weighted by molar-refractivity contribution is -0.148. The fourth-order valence-corrected chi connectivity index (χ4v) is 2.74. The van der Waals surface area contributed by atoms with Crippen molar-refractivity contribution in [2.75, 3.05) is 6.73 Å². The SMILES string of the molecule is CC(C)C(=O)OCNC1c2ccccc2-c2ccccc21. The average molecular weight is 281 g/mol. The Morgan fingerprint density at radius 3 is 2.10 bits per heavy atom. The van der Waals surface area contributed by atoms with Gasteiger partial charge < -0.3 is 4.74 Å². The Labute approximate surface area is 124 Å². The maximum absolute atomic E-state index is 11.5. The molecule has 21 heavy (non-hydrogen) atoms. The van der Waals surface area contributed by atoms with Crippen LogP contribution in [0.1, 0.15) is 31.0 Å². The first-order valence-corrected chi connectivity index (χ1v) is 7.26. The Hall–Kier alpha value is -2.13. The number of carbonyl (C=O) groups excluding carboxylic acids is 1. The fourth-order valence-electron chi connectivity index (χ4n) is 2.74. The van der Waals surface area contributed by atoms with Crippen molar-refractivity contribution < 1.29 is 9.53 Å². The van der Waals surface area contributed by atoms with Crippen molar-refractivity contribution in [1.82, 2.24) is 5.32 Å². The van der Waals surface area contributed by atoms with Gasteiger partial charge in [-0.05, 0) is 22.3 Å². The van der Waals surface area contributed by atoms with Gasteiger partial charge in [0, 0.05) is 0 Å². The van der Waals surface area contributed by atoms with E-state index in [9.17, 15) is 4.79 Å². The molecule has 0 unspecified atom stereocenters. The lowest BCUT2D eigenvalue weighted by Gasteiger charge is -2.16. The molecule has 0 atom stereocenters. The molecule has 0 bridgehead atoms. The Kier molecular flexibility index (Phi) is 3.76. The first-order valence-electron chi connectivity index (χ1n) is 7.26. The average Bonchev–Trinajstić information content (AvgIpc) is 2.82. The van der Waals surface area contributed by atoms with E-state index in [1.807, 2.05) is 26.0 Å². The maximum atomic E-state index is 11.5. The zero-order valence-electron chi connectivity index (χ0n) is 12.3. The van der Waals surface area contributed by atoms with Gasteiger partial charge in [0.1, 0.15) is 6.73 Å². The van der Waals surface area contributed by atoms with Gasteiger partial charge in [-0.2, -0.15) is 0 Å². The van der Waals surface area contributed by atoms with E-state index in [1.54, 1.807) is 0 Å². The predicted octanol–water partition coefficient (Wildman–Crippen LogP) is 3.50. The summed E-state index contributed by atoms with van der Waals surface area (Å²) in [4.78, 5) is 11.5. The monoisotopic (exact) mass is 281 g/mol. The molecule has 108 valence electrons. The third kappa shape index (κ3) is 2.57. The van der Waals surface area contributed by atoms with Gasteiger partial charge in [-0.25, -0.2) is 0 Å². The van der Waals surface area contributed by atoms with E-state index in [4.69, 9.17) is 4.74 Å². The Balaban J connectivity index is 1.81. The molecule has 0 aliphatic heterocycles. The molecule has 2 aromatic rings. The van der Waals surface area contributed by atoms with Crippen LogP contribution in [0.3, 0.4) is 0 Å². The molecule has 0 amide bonds. The summed E-state index contributed by atoms with van der Waals surface area (Å²) in [5.41, 5.74) is 4.97. The van der Waals surface area contributed by atoms with E-state index in [-0.39, 0.29) is 24.7 Å². The van der Waals surface area contributed by atoms with Crippen LogP contribution in [0.4, 0.5) is 0 Å². The van der Waals surface area contributed by atoms with Crippen LogP contribution in [-0.2, 0) is 9.53 Å². The number of fused-ring (bicyclic) bond motifs is 3. The van der Waals surface area contributed by atoms with Crippen LogP contribution in [0.15, 0.2) is 48.5 Å². The summed E-state index contributed by atoms with van der Waals surface area (Å²) < 4.78 is 5.25. The zero-order valence-corrected chi connectivity index (χ0v) is 12.3. The number of benzene rings is 2. The van der Waals surface area contributed by atoms with Crippen LogP contribution in [-0.4, -0.2) is 12.7 Å². The number of esters is 1. The molecule has 1 N–H and O–H groups in total. The summed E-state index contributed by atoms with van der Waals surface area (Å²) in [6.07, 6.45) is 0. The number of rotatable bonds is 4. The molecule has 0 spiro atoms. The summed E-state index contributed by atoms with van der Waals surface area (Å²) in [5.74, 6) is -0.281. The first-order chi connectivity index (χ1) is 10.2. The first kappa shape index (κ1) is 13.8. The topological polar surface area (TPSA) is 38.3 Å². The van der Waals surface area contributed by atoms with Crippen molar-refractivity contribution in [3.05, 3.63) is 59.7 Å². The minimum Gasteiger partial charge on any atom is -0.450 e. The molecule has 0 heterocycles. The molecule has 3 nitrogen and oxygen atoms in total. The van der Waals surface area contributed by atoms with Crippen molar-refractivity contribution in [2.24, 2.45) is 5.92 Å². The molecule has 1 aliphatic rings. The van der Waals surface area contributed by atoms with Gasteiger partial charge in [-0.15, -0.1) is 0 Å². The quantitative estimate of drug-likeness (QED) is 0.688. The standard InChI is InChI=1S/C18H19NO2/c1-12(2)18(20)21-11-19-17-15-9-5-3-7-13(15)14-8-4-6-10-16(14)17/h3-10,12,17,19H,11H2,1-2H3. The van der Waals surface area contributed by atoms with Crippen molar-refractivity contribution in [3.8, 4) is 11.1 Å². The summed E-state index contributed by atoms with van der Waals surface area (Å²) in [6.45, 7) is 3.90. The van der Waals surface area contributed by atoms with Crippen molar-refractivity contribution >= 4 is 5.97 Å². The number of carbonyl (C=O) groups is 1. The summed E-state index contributed by atoms with van der Waals surface area (Å²) in [7, 11) is 0. The third-order valence-electron chi connectivity index (χ3n) is 3.81. The van der Waals surface area contributed by atoms with Crippen LogP contribution >= 0.6 is 0 Å². The molecule has 0 radical (unpaired) electrons. The molecule has 0 fully saturated rings. The molecule has 3 rings (SSSR count). The van der Waals surface area contributed by atoms with Gasteiger partial charge in [0.05, 0.1) is 12.0 Å². The highest BCUT2D eigenvalue weighted by Gasteiger charge is 2.27. The van der Waals surface area contributed by atoms with Gasteiger partial charge in [-0.3, -0.25) is 10.1 Å². The fraction of sp³-hybridized carbons (Fsp3) is 0.278. The number of hydrogen-bond donors (Lipinski definition) is 1. The molecule has 3 heteroatoms. The maximum Gasteiger partial charge on any atom is 0.309 e. The molecule has 0 aromatic heterocycles. The minimum atomic E-state index is -0.179. The van der Waals surface area contributed by atoms with E-state index in [1.165, 1.54) is 22.3 Å². The normalized spacial score (nSPS) is 13.1. The van der Waals surface area contributed by atoms with E-state index in [0.29, 0.717) is 0 Å². The van der Waals surface area contributed by atoms with E-state index < -0.39 is 0 Å². The summed E-state index contributed by atoms with van der Waals surface area (Å²) in [5, 5.41) is 3.34. The zero-order chi connectivity index (χ0) is 14.8. The Morgan fingerprint density at radius 2 is 1.57 bits per heavy atom. The van der Waals surface area contributed by atoms with Gasteiger partial charge in [0.25, 0.3) is 0 Å². The molecule has 0 saturated heterocycles. The van der Waals surface area contributed by atoms with Gasteiger partial charge in [0.2, 0.25) is 0 Å². The van der Waals surface area contributed by atoms with Crippen LogP contribution in [0.5, 0.6) is 0 Å². The molecular weight excluding hydrogens is 262 g/mol. The smallest absolute Gasteiger partial charge is 0.309 e. The summed E-state index contributed by atoms with van der Waals surface area (Å²) >= 11 is 0. The second-order valence-corrected chi connectivity index (χ2v) is 5.57. The molecule has 1 aliphatic carbocycles. The largest absolute Gasteiger partial charge is 0.450 e. The second-order valence-electron chi connectivity index (χ2n) is 5.57. The minimum absolute atomic E-state index is 0.0809. The van der Waals surface area contributed by atoms with Gasteiger partial charge in [-0.1, -0.05) is 62.4 Å². The Bertz CT molecular complexity index is 618. The molecule has 2 aromatic carbocycles. The number of nitrogens with one attached hydrogen (secondary N) is 1. The lowest BCUT2D eigenvalue weighted by Crippen LogP contribution is -2.26. The third-order valence-corrected chi connectivity index (χ3v) is 3.81. The van der Waals surface area contributed by atoms with E-state index in [2.05, 4.69) is 41.7 Å². The molecule has 0 saturated carbocycles. The van der Waals surface area contributed by atoms with Crippen molar-refractivity contribution in [1.29, 1.82) is 0 Å². The highest BCUT2D eigenvalue weighted by atomic mass is 16.5. The van der Waals surface area contributed by atoms with Crippen molar-refractivity contribution in [3.63, 3.8) is 0 Å². The van der Waals surface area contributed by atoms with Crippen LogP contribution in [0.25, 0.3) is 11.1 Å². The predicted molar refractivity (Wildman–Crippen MR) is 82.7 cm³/mol. The second kappa shape index (κ2) is 5.70. The van der Waals surface area contributed by atoms with Crippen LogP contribution in [0, 0.1) is 5.92 Å². The number of ether oxygens (including phenoxy) is 1. The lowest BCUT2D eigenvalue weighted by atomic mass is 10.1. The van der Waals surface area contributed by atoms with Gasteiger partial charge >= 0.3 is 5.97 Å². The van der Waals surface area contributed by atoms with E-state index >= 15 is 0 Å².